The van der Waals surface area contributed by atoms with E-state index in [0.717, 1.165) is 16.6 Å². The molecule has 1 aromatic heterocycles. The molecular formula is C17H12BrF2N3O2. The highest BCUT2D eigenvalue weighted by atomic mass is 79.9. The van der Waals surface area contributed by atoms with Gasteiger partial charge in [-0.3, -0.25) is 14.2 Å². The first-order chi connectivity index (χ1) is 11.9. The lowest BCUT2D eigenvalue weighted by Crippen LogP contribution is -2.23. The van der Waals surface area contributed by atoms with E-state index in [1.165, 1.54) is 10.9 Å². The van der Waals surface area contributed by atoms with Gasteiger partial charge in [0.05, 0.1) is 22.9 Å². The summed E-state index contributed by atoms with van der Waals surface area (Å²) in [5.74, 6) is -2.08. The second-order valence-electron chi connectivity index (χ2n) is 5.33. The number of benzene rings is 2. The van der Waals surface area contributed by atoms with E-state index in [2.05, 4.69) is 26.2 Å². The minimum Gasteiger partial charge on any atom is -0.324 e. The molecule has 0 atom stereocenters. The van der Waals surface area contributed by atoms with Crippen molar-refractivity contribution < 1.29 is 13.6 Å². The van der Waals surface area contributed by atoms with Crippen LogP contribution >= 0.6 is 15.9 Å². The number of halogens is 3. The number of carbonyl (C=O) groups excluding carboxylic acids is 1. The van der Waals surface area contributed by atoms with Crippen molar-refractivity contribution in [3.05, 3.63) is 69.2 Å². The third-order valence-corrected chi connectivity index (χ3v) is 4.06. The zero-order valence-corrected chi connectivity index (χ0v) is 14.4. The lowest BCUT2D eigenvalue weighted by Gasteiger charge is -2.08. The van der Waals surface area contributed by atoms with Crippen LogP contribution in [0.4, 0.5) is 14.5 Å². The summed E-state index contributed by atoms with van der Waals surface area (Å²) in [4.78, 5) is 28.5. The molecule has 0 unspecified atom stereocenters. The summed E-state index contributed by atoms with van der Waals surface area (Å²) in [6.45, 7) is 0.0862. The predicted molar refractivity (Wildman–Crippen MR) is 93.3 cm³/mol. The topological polar surface area (TPSA) is 64.0 Å². The standard InChI is InChI=1S/C17H12BrF2N3O2/c18-10-1-3-14-12(7-10)17(25)23(9-21-14)6-5-16(24)22-15-4-2-11(19)8-13(15)20/h1-4,7-9H,5-6H2,(H,22,24). The third kappa shape index (κ3) is 3.90. The number of anilines is 1. The van der Waals surface area contributed by atoms with E-state index in [-0.39, 0.29) is 24.2 Å². The van der Waals surface area contributed by atoms with Crippen LogP contribution in [0.2, 0.25) is 0 Å². The third-order valence-electron chi connectivity index (χ3n) is 3.57. The van der Waals surface area contributed by atoms with E-state index in [1.54, 1.807) is 18.2 Å². The Morgan fingerprint density at radius 1 is 1.20 bits per heavy atom. The van der Waals surface area contributed by atoms with Crippen LogP contribution in [0.25, 0.3) is 10.9 Å². The van der Waals surface area contributed by atoms with E-state index < -0.39 is 17.5 Å². The number of nitrogens with zero attached hydrogens (tertiary/aromatic N) is 2. The fourth-order valence-electron chi connectivity index (χ4n) is 2.32. The van der Waals surface area contributed by atoms with Gasteiger partial charge in [-0.15, -0.1) is 0 Å². The Bertz CT molecular complexity index is 1020. The molecule has 0 spiro atoms. The van der Waals surface area contributed by atoms with E-state index in [9.17, 15) is 18.4 Å². The summed E-state index contributed by atoms with van der Waals surface area (Å²) in [6, 6.07) is 8.04. The normalized spacial score (nSPS) is 10.8. The Morgan fingerprint density at radius 2 is 2.00 bits per heavy atom. The van der Waals surface area contributed by atoms with Crippen molar-refractivity contribution in [2.45, 2.75) is 13.0 Å². The first-order valence-corrected chi connectivity index (χ1v) is 8.13. The Labute approximate surface area is 149 Å². The van der Waals surface area contributed by atoms with Crippen molar-refractivity contribution in [2.75, 3.05) is 5.32 Å². The second kappa shape index (κ2) is 7.10. The van der Waals surface area contributed by atoms with Gasteiger partial charge in [0.2, 0.25) is 5.91 Å². The van der Waals surface area contributed by atoms with E-state index in [1.807, 2.05) is 0 Å². The molecular weight excluding hydrogens is 396 g/mol. The van der Waals surface area contributed by atoms with Crippen LogP contribution in [0, 0.1) is 11.6 Å². The molecule has 0 bridgehead atoms. The lowest BCUT2D eigenvalue weighted by atomic mass is 10.2. The van der Waals surface area contributed by atoms with Gasteiger partial charge in [-0.1, -0.05) is 15.9 Å². The van der Waals surface area contributed by atoms with Gasteiger partial charge in [-0.25, -0.2) is 13.8 Å². The average molecular weight is 408 g/mol. The van der Waals surface area contributed by atoms with Crippen molar-refractivity contribution in [3.63, 3.8) is 0 Å². The van der Waals surface area contributed by atoms with Crippen LogP contribution < -0.4 is 10.9 Å². The molecule has 3 aromatic rings. The number of aromatic nitrogens is 2. The van der Waals surface area contributed by atoms with E-state index in [4.69, 9.17) is 0 Å². The van der Waals surface area contributed by atoms with Gasteiger partial charge in [-0.2, -0.15) is 0 Å². The summed E-state index contributed by atoms with van der Waals surface area (Å²) in [6.07, 6.45) is 1.31. The van der Waals surface area contributed by atoms with Gasteiger partial charge in [-0.05, 0) is 30.3 Å². The number of carbonyl (C=O) groups is 1. The summed E-state index contributed by atoms with van der Waals surface area (Å²) in [7, 11) is 0. The van der Waals surface area contributed by atoms with Crippen LogP contribution in [0.5, 0.6) is 0 Å². The number of hydrogen-bond acceptors (Lipinski definition) is 3. The van der Waals surface area contributed by atoms with Crippen molar-refractivity contribution in [1.82, 2.24) is 9.55 Å². The summed E-state index contributed by atoms with van der Waals surface area (Å²) in [5.41, 5.74) is 0.175. The Balaban J connectivity index is 1.73. The molecule has 0 aliphatic carbocycles. The van der Waals surface area contributed by atoms with Gasteiger partial charge < -0.3 is 5.32 Å². The lowest BCUT2D eigenvalue weighted by molar-refractivity contribution is -0.116. The Kier molecular flexibility index (Phi) is 4.89. The molecule has 25 heavy (non-hydrogen) atoms. The fraction of sp³-hybridized carbons (Fsp3) is 0.118. The molecule has 0 radical (unpaired) electrons. The van der Waals surface area contributed by atoms with Crippen LogP contribution in [-0.2, 0) is 11.3 Å². The molecule has 0 fully saturated rings. The van der Waals surface area contributed by atoms with E-state index >= 15 is 0 Å². The molecule has 0 saturated heterocycles. The smallest absolute Gasteiger partial charge is 0.261 e. The number of hydrogen-bond donors (Lipinski definition) is 1. The molecule has 128 valence electrons. The molecule has 0 saturated carbocycles. The highest BCUT2D eigenvalue weighted by Crippen LogP contribution is 2.16. The molecule has 3 rings (SSSR count). The fourth-order valence-corrected chi connectivity index (χ4v) is 2.68. The summed E-state index contributed by atoms with van der Waals surface area (Å²) < 4.78 is 28.4. The Morgan fingerprint density at radius 3 is 2.76 bits per heavy atom. The Hall–Kier alpha value is -2.61. The van der Waals surface area contributed by atoms with Gasteiger partial charge in [0.1, 0.15) is 11.6 Å². The van der Waals surface area contributed by atoms with Gasteiger partial charge in [0.15, 0.2) is 0 Å². The molecule has 0 aliphatic rings. The highest BCUT2D eigenvalue weighted by Gasteiger charge is 2.10. The van der Waals surface area contributed by atoms with Crippen LogP contribution in [0.3, 0.4) is 0 Å². The predicted octanol–water partition coefficient (Wildman–Crippen LogP) is 3.47. The largest absolute Gasteiger partial charge is 0.324 e. The molecule has 1 amide bonds. The van der Waals surface area contributed by atoms with Gasteiger partial charge in [0, 0.05) is 23.5 Å². The van der Waals surface area contributed by atoms with Crippen LogP contribution in [0.1, 0.15) is 6.42 Å². The molecule has 2 aromatic carbocycles. The molecule has 1 heterocycles. The van der Waals surface area contributed by atoms with Crippen LogP contribution in [-0.4, -0.2) is 15.5 Å². The first kappa shape index (κ1) is 17.2. The maximum absolute atomic E-state index is 13.5. The number of aryl methyl sites for hydroxylation is 1. The minimum absolute atomic E-state index is 0.0576. The van der Waals surface area contributed by atoms with Crippen LogP contribution in [0.15, 0.2) is 52.0 Å². The number of nitrogens with one attached hydrogen (secondary N) is 1. The SMILES string of the molecule is O=C(CCn1cnc2ccc(Br)cc2c1=O)Nc1ccc(F)cc1F. The first-order valence-electron chi connectivity index (χ1n) is 7.33. The quantitative estimate of drug-likeness (QED) is 0.719. The van der Waals surface area contributed by atoms with Gasteiger partial charge >= 0.3 is 0 Å². The summed E-state index contributed by atoms with van der Waals surface area (Å²) in [5, 5.41) is 2.78. The minimum atomic E-state index is -0.859. The second-order valence-corrected chi connectivity index (χ2v) is 6.24. The van der Waals surface area contributed by atoms with Crippen molar-refractivity contribution in [1.29, 1.82) is 0 Å². The molecule has 8 heteroatoms. The molecule has 1 N–H and O–H groups in total. The summed E-state index contributed by atoms with van der Waals surface area (Å²) >= 11 is 3.30. The van der Waals surface area contributed by atoms with Crippen molar-refractivity contribution in [2.24, 2.45) is 0 Å². The maximum Gasteiger partial charge on any atom is 0.261 e. The zero-order valence-electron chi connectivity index (χ0n) is 12.8. The van der Waals surface area contributed by atoms with Crippen molar-refractivity contribution in [3.8, 4) is 0 Å². The van der Waals surface area contributed by atoms with Crippen molar-refractivity contribution >= 4 is 38.4 Å². The molecule has 0 aliphatic heterocycles. The monoisotopic (exact) mass is 407 g/mol. The molecule has 5 nitrogen and oxygen atoms in total. The number of rotatable bonds is 4. The average Bonchev–Trinajstić information content (AvgIpc) is 2.57. The number of amides is 1. The van der Waals surface area contributed by atoms with E-state index in [0.29, 0.717) is 17.0 Å². The number of fused-ring (bicyclic) bond motifs is 1. The van der Waals surface area contributed by atoms with Gasteiger partial charge in [0.25, 0.3) is 5.56 Å². The highest BCUT2D eigenvalue weighted by molar-refractivity contribution is 9.10. The zero-order chi connectivity index (χ0) is 18.0. The maximum atomic E-state index is 13.5.